The molecule has 0 fully saturated rings. The number of rotatable bonds is 6. The molecule has 0 aliphatic heterocycles. The average Bonchev–Trinajstić information content (AvgIpc) is 3.04. The summed E-state index contributed by atoms with van der Waals surface area (Å²) < 4.78 is 5.21. The number of carbonyl (C=O) groups is 2. The van der Waals surface area contributed by atoms with Gasteiger partial charge in [0.25, 0.3) is 0 Å². The number of aryl methyl sites for hydroxylation is 1. The van der Waals surface area contributed by atoms with Crippen LogP contribution in [0.25, 0.3) is 0 Å². The number of hydrogen-bond donors (Lipinski definition) is 3. The summed E-state index contributed by atoms with van der Waals surface area (Å²) in [6.07, 6.45) is 1.69. The molecule has 6 nitrogen and oxygen atoms in total. The number of amides is 3. The Bertz CT molecular complexity index is 701. The molecule has 0 saturated heterocycles. The highest BCUT2D eigenvalue weighted by Gasteiger charge is 2.12. The van der Waals surface area contributed by atoms with E-state index in [1.165, 1.54) is 0 Å². The molecule has 0 saturated carbocycles. The van der Waals surface area contributed by atoms with Crippen molar-refractivity contribution in [2.45, 2.75) is 26.3 Å². The molecule has 1 atom stereocenters. The van der Waals surface area contributed by atoms with Crippen LogP contribution in [0.15, 0.2) is 41.0 Å². The number of nitrogens with one attached hydrogen (secondary N) is 3. The van der Waals surface area contributed by atoms with Gasteiger partial charge in [-0.25, -0.2) is 4.79 Å². The van der Waals surface area contributed by atoms with E-state index in [-0.39, 0.29) is 30.9 Å². The Kier molecular flexibility index (Phi) is 6.26. The summed E-state index contributed by atoms with van der Waals surface area (Å²) in [6, 6.07) is 8.32. The van der Waals surface area contributed by atoms with Crippen molar-refractivity contribution < 1.29 is 14.0 Å². The molecular weight excluding hydrogens is 330 g/mol. The summed E-state index contributed by atoms with van der Waals surface area (Å²) in [5.41, 5.74) is 1.57. The fourth-order valence-electron chi connectivity index (χ4n) is 2.08. The molecular formula is C17H20ClN3O3. The summed E-state index contributed by atoms with van der Waals surface area (Å²) in [7, 11) is 0. The van der Waals surface area contributed by atoms with Crippen LogP contribution in [-0.4, -0.2) is 18.5 Å². The standard InChI is InChI=1S/C17H20ClN3O3/c1-11-5-6-14(13(18)10-11)21-16(22)7-8-19-17(23)20-12(2)15-4-3-9-24-15/h3-6,9-10,12H,7-8H2,1-2H3,(H,21,22)(H2,19,20,23). The van der Waals surface area contributed by atoms with Gasteiger partial charge in [0.15, 0.2) is 0 Å². The monoisotopic (exact) mass is 349 g/mol. The lowest BCUT2D eigenvalue weighted by Gasteiger charge is -2.12. The Balaban J connectivity index is 1.71. The quantitative estimate of drug-likeness (QED) is 0.744. The second kappa shape index (κ2) is 8.40. The first-order valence-electron chi connectivity index (χ1n) is 7.59. The minimum Gasteiger partial charge on any atom is -0.467 e. The van der Waals surface area contributed by atoms with Crippen molar-refractivity contribution in [3.05, 3.63) is 52.9 Å². The zero-order chi connectivity index (χ0) is 17.5. The van der Waals surface area contributed by atoms with Gasteiger partial charge in [0.1, 0.15) is 5.76 Å². The maximum Gasteiger partial charge on any atom is 0.315 e. The van der Waals surface area contributed by atoms with Crippen LogP contribution in [0.5, 0.6) is 0 Å². The third-order valence-electron chi connectivity index (χ3n) is 3.35. The summed E-state index contributed by atoms with van der Waals surface area (Å²) in [6.45, 7) is 3.94. The molecule has 1 aromatic heterocycles. The Labute approximate surface area is 145 Å². The van der Waals surface area contributed by atoms with Crippen molar-refractivity contribution in [1.82, 2.24) is 10.6 Å². The molecule has 1 aromatic carbocycles. The Morgan fingerprint density at radius 1 is 1.29 bits per heavy atom. The minimum absolute atomic E-state index is 0.146. The van der Waals surface area contributed by atoms with Gasteiger partial charge in [-0.3, -0.25) is 4.79 Å². The van der Waals surface area contributed by atoms with Gasteiger partial charge in [0.05, 0.1) is 23.0 Å². The third-order valence-corrected chi connectivity index (χ3v) is 3.67. The van der Waals surface area contributed by atoms with Crippen LogP contribution in [0.3, 0.4) is 0 Å². The summed E-state index contributed by atoms with van der Waals surface area (Å²) >= 11 is 6.06. The molecule has 3 N–H and O–H groups in total. The van der Waals surface area contributed by atoms with Crippen LogP contribution < -0.4 is 16.0 Å². The van der Waals surface area contributed by atoms with Gasteiger partial charge in [-0.2, -0.15) is 0 Å². The molecule has 1 unspecified atom stereocenters. The molecule has 3 amide bonds. The molecule has 0 spiro atoms. The first kappa shape index (κ1) is 17.9. The van der Waals surface area contributed by atoms with Crippen molar-refractivity contribution in [2.75, 3.05) is 11.9 Å². The van der Waals surface area contributed by atoms with Gasteiger partial charge >= 0.3 is 6.03 Å². The van der Waals surface area contributed by atoms with Crippen LogP contribution in [0.2, 0.25) is 5.02 Å². The Morgan fingerprint density at radius 2 is 2.08 bits per heavy atom. The van der Waals surface area contributed by atoms with Crippen LogP contribution >= 0.6 is 11.6 Å². The second-order valence-electron chi connectivity index (χ2n) is 5.42. The van der Waals surface area contributed by atoms with E-state index in [4.69, 9.17) is 16.0 Å². The number of hydrogen-bond acceptors (Lipinski definition) is 3. The molecule has 128 valence electrons. The molecule has 7 heteroatoms. The van der Waals surface area contributed by atoms with Crippen molar-refractivity contribution in [3.63, 3.8) is 0 Å². The molecule has 1 heterocycles. The molecule has 0 aliphatic rings. The number of anilines is 1. The smallest absolute Gasteiger partial charge is 0.315 e. The van der Waals surface area contributed by atoms with Crippen LogP contribution in [0.4, 0.5) is 10.5 Å². The average molecular weight is 350 g/mol. The first-order valence-corrected chi connectivity index (χ1v) is 7.97. The first-order chi connectivity index (χ1) is 11.5. The summed E-state index contributed by atoms with van der Waals surface area (Å²) in [4.78, 5) is 23.6. The van der Waals surface area contributed by atoms with E-state index in [1.54, 1.807) is 30.5 Å². The molecule has 24 heavy (non-hydrogen) atoms. The molecule has 2 aromatic rings. The number of furan rings is 1. The second-order valence-corrected chi connectivity index (χ2v) is 5.83. The summed E-state index contributed by atoms with van der Waals surface area (Å²) in [5.74, 6) is 0.442. The van der Waals surface area contributed by atoms with Crippen molar-refractivity contribution in [1.29, 1.82) is 0 Å². The zero-order valence-electron chi connectivity index (χ0n) is 13.6. The lowest BCUT2D eigenvalue weighted by atomic mass is 10.2. The van der Waals surface area contributed by atoms with E-state index < -0.39 is 0 Å². The van der Waals surface area contributed by atoms with Crippen LogP contribution in [0, 0.1) is 6.92 Å². The maximum absolute atomic E-state index is 11.9. The predicted molar refractivity (Wildman–Crippen MR) is 93.1 cm³/mol. The summed E-state index contributed by atoms with van der Waals surface area (Å²) in [5, 5.41) is 8.56. The van der Waals surface area contributed by atoms with Gasteiger partial charge in [0.2, 0.25) is 5.91 Å². The lowest BCUT2D eigenvalue weighted by Crippen LogP contribution is -2.38. The molecule has 0 bridgehead atoms. The number of halogens is 1. The normalized spacial score (nSPS) is 11.6. The highest BCUT2D eigenvalue weighted by molar-refractivity contribution is 6.33. The van der Waals surface area contributed by atoms with E-state index in [2.05, 4.69) is 16.0 Å². The highest BCUT2D eigenvalue weighted by atomic mass is 35.5. The predicted octanol–water partition coefficient (Wildman–Crippen LogP) is 3.63. The van der Waals surface area contributed by atoms with Crippen LogP contribution in [0.1, 0.15) is 30.7 Å². The number of urea groups is 1. The van der Waals surface area contributed by atoms with E-state index in [9.17, 15) is 9.59 Å². The van der Waals surface area contributed by atoms with Gasteiger partial charge in [-0.05, 0) is 43.7 Å². The molecule has 0 aliphatic carbocycles. The number of benzene rings is 1. The fourth-order valence-corrected chi connectivity index (χ4v) is 2.36. The van der Waals surface area contributed by atoms with E-state index in [0.29, 0.717) is 16.5 Å². The van der Waals surface area contributed by atoms with Gasteiger partial charge in [-0.15, -0.1) is 0 Å². The van der Waals surface area contributed by atoms with Gasteiger partial charge in [-0.1, -0.05) is 17.7 Å². The van der Waals surface area contributed by atoms with E-state index >= 15 is 0 Å². The fraction of sp³-hybridized carbons (Fsp3) is 0.294. The molecule has 0 radical (unpaired) electrons. The van der Waals surface area contributed by atoms with Gasteiger partial charge in [0, 0.05) is 13.0 Å². The van der Waals surface area contributed by atoms with Gasteiger partial charge < -0.3 is 20.4 Å². The van der Waals surface area contributed by atoms with E-state index in [1.807, 2.05) is 19.9 Å². The topological polar surface area (TPSA) is 83.4 Å². The lowest BCUT2D eigenvalue weighted by molar-refractivity contribution is -0.116. The third kappa shape index (κ3) is 5.31. The Morgan fingerprint density at radius 3 is 2.75 bits per heavy atom. The Hall–Kier alpha value is -2.47. The van der Waals surface area contributed by atoms with Crippen molar-refractivity contribution in [2.24, 2.45) is 0 Å². The minimum atomic E-state index is -0.361. The van der Waals surface area contributed by atoms with E-state index in [0.717, 1.165) is 5.56 Å². The molecule has 2 rings (SSSR count). The largest absolute Gasteiger partial charge is 0.467 e. The highest BCUT2D eigenvalue weighted by Crippen LogP contribution is 2.22. The van der Waals surface area contributed by atoms with Crippen molar-refractivity contribution in [3.8, 4) is 0 Å². The van der Waals surface area contributed by atoms with Crippen molar-refractivity contribution >= 4 is 29.2 Å². The maximum atomic E-state index is 11.9. The SMILES string of the molecule is Cc1ccc(NC(=O)CCNC(=O)NC(C)c2ccco2)c(Cl)c1. The number of carbonyl (C=O) groups excluding carboxylic acids is 2. The van der Waals surface area contributed by atoms with Crippen LogP contribution in [-0.2, 0) is 4.79 Å². The zero-order valence-corrected chi connectivity index (χ0v) is 14.3.